The molecule has 1 heterocycles. The van der Waals surface area contributed by atoms with E-state index in [0.29, 0.717) is 11.7 Å². The number of hydrogen-bond acceptors (Lipinski definition) is 4. The Morgan fingerprint density at radius 3 is 2.33 bits per heavy atom. The monoisotopic (exact) mass is 269 g/mol. The highest BCUT2D eigenvalue weighted by molar-refractivity contribution is 7.13. The first kappa shape index (κ1) is 15.1. The van der Waals surface area contributed by atoms with E-state index in [1.165, 1.54) is 11.3 Å². The number of thiazole rings is 1. The van der Waals surface area contributed by atoms with E-state index in [0.717, 1.165) is 5.69 Å². The van der Waals surface area contributed by atoms with Crippen molar-refractivity contribution in [1.29, 1.82) is 0 Å². The van der Waals surface area contributed by atoms with Gasteiger partial charge in [-0.2, -0.15) is 0 Å². The minimum absolute atomic E-state index is 0.0170. The molecule has 0 aliphatic rings. The van der Waals surface area contributed by atoms with Crippen LogP contribution in [0.1, 0.15) is 47.2 Å². The third-order valence-electron chi connectivity index (χ3n) is 2.30. The van der Waals surface area contributed by atoms with Gasteiger partial charge in [-0.25, -0.2) is 4.98 Å². The number of nitrogens with one attached hydrogen (secondary N) is 2. The summed E-state index contributed by atoms with van der Waals surface area (Å²) in [6.07, 6.45) is 0. The molecule has 0 bridgehead atoms. The number of hydrogen-bond donors (Lipinski definition) is 2. The van der Waals surface area contributed by atoms with Gasteiger partial charge in [0.1, 0.15) is 0 Å². The molecule has 1 aromatic rings. The summed E-state index contributed by atoms with van der Waals surface area (Å²) in [6.45, 7) is 12.7. The zero-order valence-electron chi connectivity index (χ0n) is 12.0. The smallest absolute Gasteiger partial charge is 0.240 e. The Hall–Kier alpha value is -0.940. The molecule has 0 fully saturated rings. The largest absolute Gasteiger partial charge is 0.304 e. The fourth-order valence-electron chi connectivity index (χ4n) is 1.18. The topological polar surface area (TPSA) is 54.0 Å². The van der Waals surface area contributed by atoms with Crippen molar-refractivity contribution in [3.05, 3.63) is 11.1 Å². The Kier molecular flexibility index (Phi) is 4.50. The summed E-state index contributed by atoms with van der Waals surface area (Å²) in [5, 5.41) is 8.62. The van der Waals surface area contributed by atoms with E-state index < -0.39 is 0 Å². The Morgan fingerprint density at radius 2 is 1.89 bits per heavy atom. The molecule has 0 unspecified atom stereocenters. The van der Waals surface area contributed by atoms with Gasteiger partial charge in [-0.1, -0.05) is 20.8 Å². The summed E-state index contributed by atoms with van der Waals surface area (Å²) in [7, 11) is 0. The van der Waals surface area contributed by atoms with Crippen LogP contribution in [0.2, 0.25) is 0 Å². The normalized spacial score (nSPS) is 12.6. The number of nitrogens with zero attached hydrogens (tertiary/aromatic N) is 1. The highest BCUT2D eigenvalue weighted by atomic mass is 32.1. The predicted molar refractivity (Wildman–Crippen MR) is 77.2 cm³/mol. The van der Waals surface area contributed by atoms with Gasteiger partial charge in [-0.3, -0.25) is 4.79 Å². The van der Waals surface area contributed by atoms with Gasteiger partial charge in [-0.05, 0) is 20.8 Å². The van der Waals surface area contributed by atoms with Crippen LogP contribution in [0.15, 0.2) is 5.38 Å². The number of aromatic nitrogens is 1. The van der Waals surface area contributed by atoms with Gasteiger partial charge in [0.25, 0.3) is 0 Å². The van der Waals surface area contributed by atoms with Crippen LogP contribution in [-0.4, -0.2) is 23.0 Å². The molecule has 0 aliphatic heterocycles. The molecule has 0 saturated carbocycles. The first-order chi connectivity index (χ1) is 8.08. The van der Waals surface area contributed by atoms with E-state index in [-0.39, 0.29) is 16.9 Å². The predicted octanol–water partition coefficient (Wildman–Crippen LogP) is 2.77. The van der Waals surface area contributed by atoms with Crippen molar-refractivity contribution in [3.8, 4) is 0 Å². The Balaban J connectivity index is 2.53. The molecular weight excluding hydrogens is 246 g/mol. The lowest BCUT2D eigenvalue weighted by Crippen LogP contribution is -2.41. The maximum Gasteiger partial charge on any atom is 0.240 e. The van der Waals surface area contributed by atoms with Gasteiger partial charge in [0.15, 0.2) is 5.13 Å². The maximum atomic E-state index is 11.7. The van der Waals surface area contributed by atoms with Crippen molar-refractivity contribution in [2.45, 2.75) is 52.5 Å². The second kappa shape index (κ2) is 5.36. The first-order valence-electron chi connectivity index (χ1n) is 6.09. The highest BCUT2D eigenvalue weighted by Gasteiger charge is 2.18. The summed E-state index contributed by atoms with van der Waals surface area (Å²) in [4.78, 5) is 16.1. The molecule has 0 aromatic carbocycles. The molecule has 4 nitrogen and oxygen atoms in total. The molecule has 0 spiro atoms. The van der Waals surface area contributed by atoms with Gasteiger partial charge >= 0.3 is 0 Å². The van der Waals surface area contributed by atoms with E-state index in [1.54, 1.807) is 0 Å². The Bertz CT molecular complexity index is 413. The average Bonchev–Trinajstić information content (AvgIpc) is 2.61. The van der Waals surface area contributed by atoms with Crippen molar-refractivity contribution in [3.63, 3.8) is 0 Å². The molecule has 18 heavy (non-hydrogen) atoms. The summed E-state index contributed by atoms with van der Waals surface area (Å²) in [6, 6.07) is 0. The van der Waals surface area contributed by atoms with Crippen LogP contribution >= 0.6 is 11.3 Å². The van der Waals surface area contributed by atoms with Crippen molar-refractivity contribution in [2.75, 3.05) is 11.9 Å². The Morgan fingerprint density at radius 1 is 1.28 bits per heavy atom. The first-order valence-corrected chi connectivity index (χ1v) is 6.97. The van der Waals surface area contributed by atoms with Crippen molar-refractivity contribution in [2.24, 2.45) is 0 Å². The van der Waals surface area contributed by atoms with Gasteiger partial charge in [0.2, 0.25) is 5.91 Å². The van der Waals surface area contributed by atoms with Crippen molar-refractivity contribution < 1.29 is 4.79 Å². The molecule has 1 amide bonds. The fraction of sp³-hybridized carbons (Fsp3) is 0.692. The standard InChI is InChI=1S/C13H23N3OS/c1-12(2,3)9-8-18-11(15-9)16-10(17)7-14-13(4,5)6/h8,14H,7H2,1-6H3,(H,15,16,17). The molecule has 1 rings (SSSR count). The van der Waals surface area contributed by atoms with Gasteiger partial charge in [-0.15, -0.1) is 11.3 Å². The molecule has 0 saturated heterocycles. The zero-order valence-corrected chi connectivity index (χ0v) is 12.9. The number of carbonyl (C=O) groups excluding carboxylic acids is 1. The summed E-state index contributed by atoms with van der Waals surface area (Å²) in [5.41, 5.74) is 0.964. The van der Waals surface area contributed by atoms with Crippen molar-refractivity contribution in [1.82, 2.24) is 10.3 Å². The molecule has 5 heteroatoms. The van der Waals surface area contributed by atoms with Crippen molar-refractivity contribution >= 4 is 22.4 Å². The molecule has 0 aliphatic carbocycles. The second-order valence-corrected chi connectivity index (χ2v) is 7.30. The minimum atomic E-state index is -0.0587. The van der Waals surface area contributed by atoms with E-state index in [9.17, 15) is 4.79 Å². The highest BCUT2D eigenvalue weighted by Crippen LogP contribution is 2.26. The second-order valence-electron chi connectivity index (χ2n) is 6.44. The summed E-state index contributed by atoms with van der Waals surface area (Å²) >= 11 is 1.47. The molecule has 102 valence electrons. The number of rotatable bonds is 3. The summed E-state index contributed by atoms with van der Waals surface area (Å²) < 4.78 is 0. The van der Waals surface area contributed by atoms with E-state index in [2.05, 4.69) is 36.4 Å². The number of anilines is 1. The molecule has 0 radical (unpaired) electrons. The maximum absolute atomic E-state index is 11.7. The van der Waals surface area contributed by atoms with Crippen LogP contribution in [0, 0.1) is 0 Å². The van der Waals surface area contributed by atoms with Crippen LogP contribution in [-0.2, 0) is 10.2 Å². The lowest BCUT2D eigenvalue weighted by molar-refractivity contribution is -0.115. The van der Waals surface area contributed by atoms with Crippen LogP contribution in [0.5, 0.6) is 0 Å². The van der Waals surface area contributed by atoms with Gasteiger partial charge in [0.05, 0.1) is 12.2 Å². The van der Waals surface area contributed by atoms with E-state index >= 15 is 0 Å². The lowest BCUT2D eigenvalue weighted by Gasteiger charge is -2.19. The molecule has 1 aromatic heterocycles. The quantitative estimate of drug-likeness (QED) is 0.887. The molecule has 0 atom stereocenters. The fourth-order valence-corrected chi connectivity index (χ4v) is 2.14. The molecular formula is C13H23N3OS. The van der Waals surface area contributed by atoms with E-state index in [4.69, 9.17) is 0 Å². The Labute approximate surface area is 113 Å². The number of carbonyl (C=O) groups is 1. The minimum Gasteiger partial charge on any atom is -0.304 e. The third kappa shape index (κ3) is 5.14. The molecule has 2 N–H and O–H groups in total. The third-order valence-corrected chi connectivity index (χ3v) is 3.06. The van der Waals surface area contributed by atoms with Crippen LogP contribution < -0.4 is 10.6 Å². The van der Waals surface area contributed by atoms with E-state index in [1.807, 2.05) is 26.2 Å². The van der Waals surface area contributed by atoms with Gasteiger partial charge < -0.3 is 10.6 Å². The summed E-state index contributed by atoms with van der Waals surface area (Å²) in [5.74, 6) is -0.0558. The SMILES string of the molecule is CC(C)(C)NCC(=O)Nc1nc(C(C)(C)C)cs1. The van der Waals surface area contributed by atoms with Crippen LogP contribution in [0.25, 0.3) is 0 Å². The number of amides is 1. The lowest BCUT2D eigenvalue weighted by atomic mass is 9.93. The zero-order chi connectivity index (χ0) is 14.0. The van der Waals surface area contributed by atoms with Crippen LogP contribution in [0.4, 0.5) is 5.13 Å². The van der Waals surface area contributed by atoms with Gasteiger partial charge in [0, 0.05) is 16.3 Å². The van der Waals surface area contributed by atoms with Crippen LogP contribution in [0.3, 0.4) is 0 Å². The average molecular weight is 269 g/mol.